The number of alkyl halides is 3. The van der Waals surface area contributed by atoms with Gasteiger partial charge >= 0.3 is 6.18 Å². The van der Waals surface area contributed by atoms with Crippen LogP contribution in [0.15, 0.2) is 24.3 Å². The third kappa shape index (κ3) is 4.31. The number of aryl methyl sites for hydroxylation is 1. The SMILES string of the molecule is COc1ccc(C)cc1/C=C/C(=O)Nc1n[nH]c(C(F)(F)F)n1. The lowest BCUT2D eigenvalue weighted by atomic mass is 10.1. The number of carbonyl (C=O) groups is 1. The van der Waals surface area contributed by atoms with Gasteiger partial charge in [-0.15, -0.1) is 5.10 Å². The minimum absolute atomic E-state index is 0.455. The number of benzene rings is 1. The number of hydrogen-bond acceptors (Lipinski definition) is 4. The number of nitrogens with one attached hydrogen (secondary N) is 2. The zero-order valence-corrected chi connectivity index (χ0v) is 12.2. The van der Waals surface area contributed by atoms with E-state index in [0.29, 0.717) is 11.3 Å². The third-order valence-electron chi connectivity index (χ3n) is 2.79. The Bertz CT molecular complexity index is 738. The highest BCUT2D eigenvalue weighted by atomic mass is 19.4. The van der Waals surface area contributed by atoms with Crippen molar-refractivity contribution in [3.63, 3.8) is 0 Å². The molecular formula is C14H13F3N4O2. The fourth-order valence-electron chi connectivity index (χ4n) is 1.75. The van der Waals surface area contributed by atoms with Crippen molar-refractivity contribution >= 4 is 17.9 Å². The summed E-state index contributed by atoms with van der Waals surface area (Å²) in [6.45, 7) is 1.88. The molecule has 1 amide bonds. The monoisotopic (exact) mass is 326 g/mol. The summed E-state index contributed by atoms with van der Waals surface area (Å²) in [7, 11) is 1.49. The van der Waals surface area contributed by atoms with Gasteiger partial charge in [-0.3, -0.25) is 15.2 Å². The van der Waals surface area contributed by atoms with Crippen LogP contribution in [-0.2, 0) is 11.0 Å². The predicted molar refractivity (Wildman–Crippen MR) is 76.8 cm³/mol. The quantitative estimate of drug-likeness (QED) is 0.847. The lowest BCUT2D eigenvalue weighted by Gasteiger charge is -2.05. The molecule has 0 bridgehead atoms. The molecule has 0 fully saturated rings. The van der Waals surface area contributed by atoms with Gasteiger partial charge in [-0.25, -0.2) is 0 Å². The Labute approximate surface area is 129 Å². The molecule has 1 aromatic heterocycles. The molecule has 0 atom stereocenters. The van der Waals surface area contributed by atoms with E-state index < -0.39 is 23.9 Å². The first kappa shape index (κ1) is 16.5. The van der Waals surface area contributed by atoms with E-state index >= 15 is 0 Å². The van der Waals surface area contributed by atoms with Gasteiger partial charge in [-0.1, -0.05) is 11.6 Å². The molecule has 2 rings (SSSR count). The van der Waals surface area contributed by atoms with E-state index in [1.807, 2.05) is 13.0 Å². The van der Waals surface area contributed by atoms with Crippen LogP contribution in [0.25, 0.3) is 6.08 Å². The summed E-state index contributed by atoms with van der Waals surface area (Å²) in [5.74, 6) is -1.83. The standard InChI is InChI=1S/C14H13F3N4O2/c1-8-3-5-10(23-2)9(7-8)4-6-11(22)18-13-19-12(20-21-13)14(15,16)17/h3-7H,1-2H3,(H2,18,19,20,21,22)/b6-4+. The molecule has 0 spiro atoms. The van der Waals surface area contributed by atoms with Crippen LogP contribution in [0.4, 0.5) is 19.1 Å². The van der Waals surface area contributed by atoms with Gasteiger partial charge in [-0.05, 0) is 25.1 Å². The van der Waals surface area contributed by atoms with Crippen molar-refractivity contribution in [2.24, 2.45) is 0 Å². The predicted octanol–water partition coefficient (Wildman–Crippen LogP) is 2.79. The Kier molecular flexibility index (Phi) is 4.68. The maximum Gasteiger partial charge on any atom is 0.451 e. The molecule has 23 heavy (non-hydrogen) atoms. The number of anilines is 1. The van der Waals surface area contributed by atoms with E-state index in [1.165, 1.54) is 13.2 Å². The Hall–Kier alpha value is -2.84. The van der Waals surface area contributed by atoms with E-state index in [-0.39, 0.29) is 0 Å². The van der Waals surface area contributed by atoms with Crippen molar-refractivity contribution in [2.45, 2.75) is 13.1 Å². The first-order valence-corrected chi connectivity index (χ1v) is 6.43. The molecule has 0 saturated heterocycles. The number of halogens is 3. The minimum Gasteiger partial charge on any atom is -0.496 e. The third-order valence-corrected chi connectivity index (χ3v) is 2.79. The summed E-state index contributed by atoms with van der Waals surface area (Å²) in [5.41, 5.74) is 1.63. The molecular weight excluding hydrogens is 313 g/mol. The van der Waals surface area contributed by atoms with Crippen LogP contribution in [0.3, 0.4) is 0 Å². The first-order chi connectivity index (χ1) is 10.8. The number of methoxy groups -OCH3 is 1. The van der Waals surface area contributed by atoms with Gasteiger partial charge in [0.25, 0.3) is 5.91 Å². The van der Waals surface area contributed by atoms with Crippen LogP contribution in [-0.4, -0.2) is 28.2 Å². The Morgan fingerprint density at radius 3 is 2.74 bits per heavy atom. The molecule has 6 nitrogen and oxygen atoms in total. The Morgan fingerprint density at radius 1 is 1.39 bits per heavy atom. The van der Waals surface area contributed by atoms with Crippen molar-refractivity contribution < 1.29 is 22.7 Å². The van der Waals surface area contributed by atoms with Gasteiger partial charge in [0.15, 0.2) is 0 Å². The van der Waals surface area contributed by atoms with Crippen LogP contribution >= 0.6 is 0 Å². The highest BCUT2D eigenvalue weighted by Crippen LogP contribution is 2.26. The van der Waals surface area contributed by atoms with E-state index in [9.17, 15) is 18.0 Å². The number of rotatable bonds is 4. The van der Waals surface area contributed by atoms with Crippen LogP contribution < -0.4 is 10.1 Å². The van der Waals surface area contributed by atoms with Crippen molar-refractivity contribution in [1.82, 2.24) is 15.2 Å². The van der Waals surface area contributed by atoms with Gasteiger partial charge < -0.3 is 4.74 Å². The number of H-pyrrole nitrogens is 1. The van der Waals surface area contributed by atoms with E-state index in [4.69, 9.17) is 4.74 Å². The Morgan fingerprint density at radius 2 is 2.13 bits per heavy atom. The summed E-state index contributed by atoms with van der Waals surface area (Å²) in [6.07, 6.45) is -2.01. The molecule has 2 aromatic rings. The van der Waals surface area contributed by atoms with E-state index in [0.717, 1.165) is 11.6 Å². The topological polar surface area (TPSA) is 79.9 Å². The lowest BCUT2D eigenvalue weighted by molar-refractivity contribution is -0.144. The smallest absolute Gasteiger partial charge is 0.451 e. The summed E-state index contributed by atoms with van der Waals surface area (Å²) >= 11 is 0. The van der Waals surface area contributed by atoms with Crippen LogP contribution in [0.5, 0.6) is 5.75 Å². The number of nitrogens with zero attached hydrogens (tertiary/aromatic N) is 2. The molecule has 1 aromatic carbocycles. The van der Waals surface area contributed by atoms with Crippen LogP contribution in [0, 0.1) is 6.92 Å². The molecule has 0 saturated carbocycles. The number of hydrogen-bond donors (Lipinski definition) is 2. The summed E-state index contributed by atoms with van der Waals surface area (Å²) < 4.78 is 42.2. The number of aromatic amines is 1. The van der Waals surface area contributed by atoms with E-state index in [2.05, 4.69) is 15.4 Å². The fraction of sp³-hybridized carbons (Fsp3) is 0.214. The summed E-state index contributed by atoms with van der Waals surface area (Å²) in [5, 5.41) is 7.12. The molecule has 9 heteroatoms. The van der Waals surface area contributed by atoms with Crippen molar-refractivity contribution in [2.75, 3.05) is 12.4 Å². The number of amides is 1. The maximum absolute atomic E-state index is 12.4. The van der Waals surface area contributed by atoms with Crippen molar-refractivity contribution in [1.29, 1.82) is 0 Å². The zero-order valence-electron chi connectivity index (χ0n) is 12.2. The average Bonchev–Trinajstić information content (AvgIpc) is 2.94. The van der Waals surface area contributed by atoms with Gasteiger partial charge in [-0.2, -0.15) is 18.2 Å². The molecule has 0 radical (unpaired) electrons. The van der Waals surface area contributed by atoms with Gasteiger partial charge in [0, 0.05) is 11.6 Å². The molecule has 0 aliphatic carbocycles. The number of ether oxygens (including phenoxy) is 1. The van der Waals surface area contributed by atoms with Crippen LogP contribution in [0.2, 0.25) is 0 Å². The largest absolute Gasteiger partial charge is 0.496 e. The minimum atomic E-state index is -4.65. The van der Waals surface area contributed by atoms with Crippen LogP contribution in [0.1, 0.15) is 17.0 Å². The van der Waals surface area contributed by atoms with Gasteiger partial charge in [0.1, 0.15) is 5.75 Å². The Balaban J connectivity index is 2.08. The van der Waals surface area contributed by atoms with Gasteiger partial charge in [0.2, 0.25) is 11.8 Å². The lowest BCUT2D eigenvalue weighted by Crippen LogP contribution is -2.10. The van der Waals surface area contributed by atoms with Crippen molar-refractivity contribution in [3.05, 3.63) is 41.2 Å². The fourth-order valence-corrected chi connectivity index (χ4v) is 1.75. The highest BCUT2D eigenvalue weighted by Gasteiger charge is 2.35. The molecule has 1 heterocycles. The number of carbonyl (C=O) groups excluding carboxylic acids is 1. The molecule has 0 aliphatic heterocycles. The first-order valence-electron chi connectivity index (χ1n) is 6.43. The molecule has 0 aliphatic rings. The van der Waals surface area contributed by atoms with E-state index in [1.54, 1.807) is 17.2 Å². The second-order valence-corrected chi connectivity index (χ2v) is 4.57. The molecule has 0 unspecified atom stereocenters. The summed E-state index contributed by atoms with van der Waals surface area (Å²) in [4.78, 5) is 14.9. The summed E-state index contributed by atoms with van der Waals surface area (Å²) in [6, 6.07) is 5.40. The normalized spacial score (nSPS) is 11.7. The highest BCUT2D eigenvalue weighted by molar-refractivity contribution is 6.01. The maximum atomic E-state index is 12.4. The second kappa shape index (κ2) is 6.51. The second-order valence-electron chi connectivity index (χ2n) is 4.57. The average molecular weight is 326 g/mol. The molecule has 2 N–H and O–H groups in total. The van der Waals surface area contributed by atoms with Gasteiger partial charge in [0.05, 0.1) is 7.11 Å². The van der Waals surface area contributed by atoms with Crippen molar-refractivity contribution in [3.8, 4) is 5.75 Å². The molecule has 122 valence electrons. The number of aromatic nitrogens is 3. The zero-order chi connectivity index (χ0) is 17.0.